The first-order chi connectivity index (χ1) is 16.2. The van der Waals surface area contributed by atoms with Crippen molar-refractivity contribution < 1.29 is 18.4 Å². The van der Waals surface area contributed by atoms with Gasteiger partial charge in [0.15, 0.2) is 5.75 Å². The fraction of sp³-hybridized carbons (Fsp3) is 0.273. The number of benzene rings is 1. The van der Waals surface area contributed by atoms with Gasteiger partial charge < -0.3 is 20.7 Å². The summed E-state index contributed by atoms with van der Waals surface area (Å²) >= 11 is 0. The van der Waals surface area contributed by atoms with Crippen molar-refractivity contribution in [2.45, 2.75) is 12.8 Å². The van der Waals surface area contributed by atoms with Crippen molar-refractivity contribution >= 4 is 29.0 Å². The van der Waals surface area contributed by atoms with Crippen LogP contribution in [0.4, 0.5) is 17.2 Å². The first-order valence-electron chi connectivity index (χ1n) is 11.2. The monoisotopic (exact) mass is 423 g/mol. The zero-order valence-electron chi connectivity index (χ0n) is 20.1. The van der Waals surface area contributed by atoms with Crippen LogP contribution >= 0.6 is 0 Å². The summed E-state index contributed by atoms with van der Waals surface area (Å²) in [7, 11) is 3.33. The molecule has 0 aliphatic heterocycles. The van der Waals surface area contributed by atoms with Crippen LogP contribution in [0.5, 0.6) is 5.75 Å². The highest BCUT2D eigenvalue weighted by molar-refractivity contribution is 6.01. The number of para-hydroxylation sites is 1. The molecule has 0 bridgehead atoms. The molecule has 2 aromatic heterocycles. The van der Waals surface area contributed by atoms with Crippen LogP contribution in [0.15, 0.2) is 42.7 Å². The molecule has 0 atom stereocenters. The fourth-order valence-corrected chi connectivity index (χ4v) is 3.29. The van der Waals surface area contributed by atoms with Gasteiger partial charge in [0, 0.05) is 48.1 Å². The Balaban J connectivity index is 1.73. The quantitative estimate of drug-likeness (QED) is 0.539. The Morgan fingerprint density at radius 3 is 2.77 bits per heavy atom. The average Bonchev–Trinajstić information content (AvgIpc) is 3.54. The predicted octanol–water partition coefficient (Wildman–Crippen LogP) is 2.94. The lowest BCUT2D eigenvalue weighted by Gasteiger charge is -2.17. The lowest BCUT2D eigenvalue weighted by molar-refractivity contribution is -0.117. The van der Waals surface area contributed by atoms with Gasteiger partial charge in [0.05, 0.1) is 29.7 Å². The van der Waals surface area contributed by atoms with Crippen molar-refractivity contribution in [2.75, 3.05) is 24.7 Å². The molecule has 160 valence electrons. The smallest absolute Gasteiger partial charge is 0.254 e. The summed E-state index contributed by atoms with van der Waals surface area (Å²) in [6, 6.07) is 8.77. The van der Waals surface area contributed by atoms with Gasteiger partial charge in [-0.25, -0.2) is 4.98 Å². The van der Waals surface area contributed by atoms with Crippen LogP contribution < -0.4 is 20.7 Å². The number of rotatable bonds is 7. The van der Waals surface area contributed by atoms with Gasteiger partial charge in [-0.2, -0.15) is 5.10 Å². The first-order valence-corrected chi connectivity index (χ1v) is 9.72. The summed E-state index contributed by atoms with van der Waals surface area (Å²) in [5.41, 5.74) is 2.34. The third-order valence-electron chi connectivity index (χ3n) is 5.05. The third-order valence-corrected chi connectivity index (χ3v) is 5.05. The summed E-state index contributed by atoms with van der Waals surface area (Å²) in [6.45, 7) is -2.68. The number of methoxy groups -OCH3 is 1. The van der Waals surface area contributed by atoms with Crippen LogP contribution in [0.1, 0.15) is 27.3 Å². The van der Waals surface area contributed by atoms with Gasteiger partial charge in [0.1, 0.15) is 5.82 Å². The zero-order valence-corrected chi connectivity index (χ0v) is 17.1. The summed E-state index contributed by atoms with van der Waals surface area (Å²) < 4.78 is 29.4. The Bertz CT molecular complexity index is 1240. The highest BCUT2D eigenvalue weighted by atomic mass is 16.5. The van der Waals surface area contributed by atoms with Gasteiger partial charge in [-0.05, 0) is 31.0 Å². The predicted molar refractivity (Wildman–Crippen MR) is 117 cm³/mol. The summed E-state index contributed by atoms with van der Waals surface area (Å²) in [6.07, 6.45) is 4.55. The van der Waals surface area contributed by atoms with E-state index in [9.17, 15) is 9.59 Å². The van der Waals surface area contributed by atoms with Gasteiger partial charge in [0.2, 0.25) is 5.91 Å². The maximum absolute atomic E-state index is 12.7. The van der Waals surface area contributed by atoms with Crippen molar-refractivity contribution in [3.63, 3.8) is 0 Å². The van der Waals surface area contributed by atoms with Gasteiger partial charge >= 0.3 is 0 Å². The molecule has 1 saturated carbocycles. The third kappa shape index (κ3) is 4.20. The molecule has 9 nitrogen and oxygen atoms in total. The number of carbonyl (C=O) groups excluding carboxylic acids is 2. The number of pyridine rings is 1. The van der Waals surface area contributed by atoms with Crippen LogP contribution in [0, 0.1) is 5.92 Å². The molecule has 1 aliphatic rings. The lowest BCUT2D eigenvalue weighted by Crippen LogP contribution is -2.20. The van der Waals surface area contributed by atoms with E-state index in [1.807, 2.05) is 30.6 Å². The SMILES string of the molecule is [2H]C([2H])([2H])NC(=O)c1cnc(NC(=O)C2CC2)cc1Nc1cccc(-c2ccnn2C)c1OC. The maximum atomic E-state index is 12.7. The van der Waals surface area contributed by atoms with E-state index in [1.54, 1.807) is 16.9 Å². The number of aromatic nitrogens is 3. The number of ether oxygens (including phenoxy) is 1. The van der Waals surface area contributed by atoms with Gasteiger partial charge in [-0.15, -0.1) is 0 Å². The molecule has 0 saturated heterocycles. The molecule has 0 radical (unpaired) electrons. The van der Waals surface area contributed by atoms with Crippen molar-refractivity contribution in [1.29, 1.82) is 0 Å². The Labute approximate surface area is 184 Å². The number of aryl methyl sites for hydroxylation is 1. The molecule has 0 spiro atoms. The number of hydrogen-bond donors (Lipinski definition) is 3. The fourth-order valence-electron chi connectivity index (χ4n) is 3.29. The van der Waals surface area contributed by atoms with Crippen molar-refractivity contribution in [2.24, 2.45) is 13.0 Å². The van der Waals surface area contributed by atoms with E-state index in [-0.39, 0.29) is 28.9 Å². The van der Waals surface area contributed by atoms with E-state index in [0.29, 0.717) is 11.4 Å². The number of amides is 2. The number of carbonyl (C=O) groups is 2. The maximum Gasteiger partial charge on any atom is 0.254 e. The van der Waals surface area contributed by atoms with E-state index in [0.717, 1.165) is 24.1 Å². The number of nitrogens with one attached hydrogen (secondary N) is 3. The molecule has 0 unspecified atom stereocenters. The molecule has 2 heterocycles. The van der Waals surface area contributed by atoms with Crippen LogP contribution in [0.3, 0.4) is 0 Å². The zero-order chi connectivity index (χ0) is 24.5. The van der Waals surface area contributed by atoms with E-state index in [2.05, 4.69) is 20.7 Å². The standard InChI is InChI=1S/C22H24N6O3/c1-23-22(30)15-12-24-19(27-21(29)13-7-8-13)11-17(15)26-16-6-4-5-14(20(16)31-3)18-9-10-25-28(18)2/h4-6,9-13H,7-8H2,1-3H3,(H,23,30)(H2,24,26,27,29)/i1D3. The second-order valence-electron chi connectivity index (χ2n) is 7.18. The topological polar surface area (TPSA) is 110 Å². The molecular formula is C22H24N6O3. The molecule has 4 rings (SSSR count). The van der Waals surface area contributed by atoms with Gasteiger partial charge in [-0.3, -0.25) is 14.3 Å². The second kappa shape index (κ2) is 8.47. The minimum Gasteiger partial charge on any atom is -0.494 e. The Kier molecular flexibility index (Phi) is 4.61. The largest absolute Gasteiger partial charge is 0.494 e. The molecule has 1 aromatic carbocycles. The van der Waals surface area contributed by atoms with E-state index < -0.39 is 12.9 Å². The molecule has 1 aliphatic carbocycles. The molecular weight excluding hydrogens is 396 g/mol. The lowest BCUT2D eigenvalue weighted by atomic mass is 10.1. The summed E-state index contributed by atoms with van der Waals surface area (Å²) in [5.74, 6) is -0.279. The molecule has 1 fully saturated rings. The molecule has 2 amide bonds. The number of hydrogen-bond acceptors (Lipinski definition) is 6. The van der Waals surface area contributed by atoms with Gasteiger partial charge in [-0.1, -0.05) is 6.07 Å². The van der Waals surface area contributed by atoms with Crippen LogP contribution in [0.2, 0.25) is 0 Å². The van der Waals surface area contributed by atoms with Gasteiger partial charge in [0.25, 0.3) is 5.91 Å². The minimum atomic E-state index is -2.68. The first kappa shape index (κ1) is 16.9. The summed E-state index contributed by atoms with van der Waals surface area (Å²) in [5, 5.41) is 12.1. The molecule has 31 heavy (non-hydrogen) atoms. The van der Waals surface area contributed by atoms with Crippen LogP contribution in [-0.2, 0) is 11.8 Å². The number of anilines is 3. The molecule has 3 aromatic rings. The highest BCUT2D eigenvalue weighted by Crippen LogP contribution is 2.38. The minimum absolute atomic E-state index is 0.00599. The average molecular weight is 423 g/mol. The normalized spacial score (nSPS) is 14.7. The van der Waals surface area contributed by atoms with E-state index in [1.165, 1.54) is 19.4 Å². The second-order valence-corrected chi connectivity index (χ2v) is 7.18. The Morgan fingerprint density at radius 1 is 1.26 bits per heavy atom. The van der Waals surface area contributed by atoms with Crippen molar-refractivity contribution in [3.8, 4) is 17.0 Å². The summed E-state index contributed by atoms with van der Waals surface area (Å²) in [4.78, 5) is 29.0. The van der Waals surface area contributed by atoms with Crippen molar-refractivity contribution in [1.82, 2.24) is 20.1 Å². The van der Waals surface area contributed by atoms with E-state index in [4.69, 9.17) is 8.85 Å². The molecule has 3 N–H and O–H groups in total. The highest BCUT2D eigenvalue weighted by Gasteiger charge is 2.30. The van der Waals surface area contributed by atoms with Crippen LogP contribution in [0.25, 0.3) is 11.3 Å². The van der Waals surface area contributed by atoms with Crippen LogP contribution in [-0.4, -0.2) is 40.7 Å². The number of nitrogens with zero attached hydrogens (tertiary/aromatic N) is 3. The van der Waals surface area contributed by atoms with E-state index >= 15 is 0 Å². The Morgan fingerprint density at radius 2 is 2.10 bits per heavy atom. The van der Waals surface area contributed by atoms with Crippen molar-refractivity contribution in [3.05, 3.63) is 48.3 Å². The molecule has 9 heteroatoms. The Hall–Kier alpha value is -3.88.